The Morgan fingerprint density at radius 3 is 2.41 bits per heavy atom. The molecule has 6 aromatic rings. The highest BCUT2D eigenvalue weighted by Crippen LogP contribution is 2.68. The molecule has 8 rings (SSSR count). The molecule has 13 nitrogen and oxygen atoms in total. The summed E-state index contributed by atoms with van der Waals surface area (Å²) in [6.07, 6.45) is -4.75. The zero-order valence-electron chi connectivity index (χ0n) is 30.6. The SMILES string of the molecule is Cn1nc(NS(C)(=O)=O)c2c(Cl)ccc(-c3cc4[nH]c(C(C)(C)O)nc4nc3[C@H](Cc3cc(F)cc(F)c3)NC(=O)Cn3nc(C(F)(F)F)c4c3C(F)(F)[C@H]3C[C@H]43)c21. The van der Waals surface area contributed by atoms with Gasteiger partial charge in [-0.15, -0.1) is 0 Å². The highest BCUT2D eigenvalue weighted by Gasteiger charge is 2.68. The lowest BCUT2D eigenvalue weighted by Gasteiger charge is -2.23. The number of anilines is 1. The number of aromatic amines is 1. The summed E-state index contributed by atoms with van der Waals surface area (Å²) in [6.45, 7) is 1.80. The molecule has 22 heteroatoms. The van der Waals surface area contributed by atoms with Crippen LogP contribution in [0, 0.1) is 17.6 Å². The maximum atomic E-state index is 15.4. The molecule has 0 bridgehead atoms. The maximum Gasteiger partial charge on any atom is 0.435 e. The lowest BCUT2D eigenvalue weighted by atomic mass is 9.94. The molecule has 306 valence electrons. The highest BCUT2D eigenvalue weighted by atomic mass is 35.5. The van der Waals surface area contributed by atoms with Gasteiger partial charge in [-0.05, 0) is 62.4 Å². The molecule has 0 aliphatic heterocycles. The first kappa shape index (κ1) is 39.5. The van der Waals surface area contributed by atoms with Gasteiger partial charge < -0.3 is 15.4 Å². The molecule has 2 aliphatic rings. The fraction of sp³-hybridized carbons (Fsp3) is 0.361. The fourth-order valence-electron chi connectivity index (χ4n) is 7.72. The predicted octanol–water partition coefficient (Wildman–Crippen LogP) is 6.57. The average Bonchev–Trinajstić information content (AvgIpc) is 3.33. The number of aromatic nitrogens is 7. The molecule has 1 amide bonds. The van der Waals surface area contributed by atoms with E-state index in [9.17, 15) is 40.3 Å². The molecule has 1 fully saturated rings. The molecule has 0 spiro atoms. The molecular formula is C36H31ClF7N9O4S. The number of sulfonamides is 1. The topological polar surface area (TPSA) is 173 Å². The molecule has 0 radical (unpaired) electrons. The molecule has 0 unspecified atom stereocenters. The molecule has 58 heavy (non-hydrogen) atoms. The van der Waals surface area contributed by atoms with Crippen molar-refractivity contribution < 1.29 is 49.1 Å². The Balaban J connectivity index is 1.31. The number of alkyl halides is 5. The van der Waals surface area contributed by atoms with Crippen LogP contribution in [0.25, 0.3) is 33.2 Å². The second-order valence-electron chi connectivity index (χ2n) is 15.0. The summed E-state index contributed by atoms with van der Waals surface area (Å²) in [4.78, 5) is 26.1. The van der Waals surface area contributed by atoms with Gasteiger partial charge in [0.1, 0.15) is 35.3 Å². The number of nitrogens with zero attached hydrogens (tertiary/aromatic N) is 6. The Morgan fingerprint density at radius 1 is 1.09 bits per heavy atom. The van der Waals surface area contributed by atoms with Crippen molar-refractivity contribution in [1.82, 2.24) is 39.8 Å². The zero-order chi connectivity index (χ0) is 42.0. The van der Waals surface area contributed by atoms with Crippen molar-refractivity contribution in [3.8, 4) is 11.1 Å². The molecule has 4 aromatic heterocycles. The minimum Gasteiger partial charge on any atom is -0.383 e. The van der Waals surface area contributed by atoms with Crippen LogP contribution in [0.1, 0.15) is 66.3 Å². The normalized spacial score (nSPS) is 18.1. The van der Waals surface area contributed by atoms with Crippen molar-refractivity contribution in [2.75, 3.05) is 11.0 Å². The summed E-state index contributed by atoms with van der Waals surface area (Å²) < 4.78 is 131. The van der Waals surface area contributed by atoms with Gasteiger partial charge in [0.2, 0.25) is 15.9 Å². The second-order valence-corrected chi connectivity index (χ2v) is 17.2. The van der Waals surface area contributed by atoms with Crippen LogP contribution in [0.2, 0.25) is 5.02 Å². The van der Waals surface area contributed by atoms with Crippen LogP contribution in [-0.2, 0) is 52.5 Å². The van der Waals surface area contributed by atoms with Gasteiger partial charge in [-0.3, -0.25) is 18.9 Å². The van der Waals surface area contributed by atoms with Crippen molar-refractivity contribution in [2.45, 2.75) is 62.9 Å². The van der Waals surface area contributed by atoms with E-state index >= 15 is 8.78 Å². The Bertz CT molecular complexity index is 2790. The number of aliphatic hydroxyl groups is 1. The van der Waals surface area contributed by atoms with Gasteiger partial charge in [-0.1, -0.05) is 17.7 Å². The molecule has 1 saturated carbocycles. The van der Waals surface area contributed by atoms with Gasteiger partial charge >= 0.3 is 6.18 Å². The van der Waals surface area contributed by atoms with E-state index in [4.69, 9.17) is 16.6 Å². The Morgan fingerprint density at radius 2 is 1.78 bits per heavy atom. The molecule has 4 N–H and O–H groups in total. The monoisotopic (exact) mass is 853 g/mol. The smallest absolute Gasteiger partial charge is 0.383 e. The number of nitrogens with one attached hydrogen (secondary N) is 3. The van der Waals surface area contributed by atoms with Crippen molar-refractivity contribution in [3.63, 3.8) is 0 Å². The van der Waals surface area contributed by atoms with E-state index in [2.05, 4.69) is 30.2 Å². The average molecular weight is 854 g/mol. The molecular weight excluding hydrogens is 823 g/mol. The maximum absolute atomic E-state index is 15.4. The van der Waals surface area contributed by atoms with Gasteiger partial charge in [0.15, 0.2) is 17.2 Å². The standard InChI is InChI=1S/C36H31ClF7N9O4S/c1-34(2,55)33-46-23-12-18(17-5-6-21(37)26-28(17)52(3)50-32(26)51-58(4,56)57)27(47-31(23)48-33)22(9-14-7-15(38)10-16(39)8-14)45-24(54)13-53-30-25(29(49-53)36(42,43)44)19-11-20(19)35(30,40)41/h5-8,10,12,19-20,22,55H,9,11,13H2,1-4H3,(H,45,54)(H,50,51)(H,46,47,48)/t19-,20-,22-/m0/s1. The fourth-order valence-corrected chi connectivity index (χ4v) is 8.45. The van der Waals surface area contributed by atoms with Crippen molar-refractivity contribution in [2.24, 2.45) is 13.0 Å². The lowest BCUT2D eigenvalue weighted by molar-refractivity contribution is -0.142. The molecule has 2 aliphatic carbocycles. The van der Waals surface area contributed by atoms with Gasteiger partial charge in [0.05, 0.1) is 39.4 Å². The number of hydrogen-bond donors (Lipinski definition) is 4. The molecule has 0 saturated heterocycles. The first-order valence-corrected chi connectivity index (χ1v) is 19.7. The van der Waals surface area contributed by atoms with Crippen LogP contribution >= 0.6 is 11.6 Å². The van der Waals surface area contributed by atoms with Crippen LogP contribution in [0.5, 0.6) is 0 Å². The first-order chi connectivity index (χ1) is 26.9. The van der Waals surface area contributed by atoms with E-state index in [0.717, 1.165) is 18.4 Å². The molecule has 4 heterocycles. The Labute approximate surface area is 328 Å². The summed E-state index contributed by atoms with van der Waals surface area (Å²) in [7, 11) is -2.37. The van der Waals surface area contributed by atoms with E-state index in [-0.39, 0.29) is 67.5 Å². The number of rotatable bonds is 10. The highest BCUT2D eigenvalue weighted by molar-refractivity contribution is 7.92. The number of amides is 1. The van der Waals surface area contributed by atoms with Crippen LogP contribution in [0.15, 0.2) is 36.4 Å². The van der Waals surface area contributed by atoms with Crippen LogP contribution in [0.4, 0.5) is 36.6 Å². The summed E-state index contributed by atoms with van der Waals surface area (Å²) >= 11 is 6.59. The van der Waals surface area contributed by atoms with E-state index < -0.39 is 93.1 Å². The van der Waals surface area contributed by atoms with Crippen LogP contribution in [-0.4, -0.2) is 60.2 Å². The first-order valence-electron chi connectivity index (χ1n) is 17.5. The van der Waals surface area contributed by atoms with Gasteiger partial charge in [0, 0.05) is 35.7 Å². The van der Waals surface area contributed by atoms with Gasteiger partial charge in [-0.2, -0.15) is 32.1 Å². The van der Waals surface area contributed by atoms with Crippen molar-refractivity contribution in [1.29, 1.82) is 0 Å². The van der Waals surface area contributed by atoms with E-state index in [1.165, 1.54) is 43.8 Å². The third-order valence-electron chi connectivity index (χ3n) is 10.1. The third kappa shape index (κ3) is 6.91. The molecule has 3 atom stereocenters. The minimum atomic E-state index is -5.09. The molecule has 2 aromatic carbocycles. The number of hydrogen-bond acceptors (Lipinski definition) is 8. The number of pyridine rings is 1. The number of aryl methyl sites for hydroxylation is 1. The number of carbonyl (C=O) groups is 1. The summed E-state index contributed by atoms with van der Waals surface area (Å²) in [6, 6.07) is 5.68. The van der Waals surface area contributed by atoms with Crippen LogP contribution < -0.4 is 10.0 Å². The quantitative estimate of drug-likeness (QED) is 0.112. The number of imidazole rings is 1. The van der Waals surface area contributed by atoms with E-state index in [1.54, 1.807) is 0 Å². The summed E-state index contributed by atoms with van der Waals surface area (Å²) in [5, 5.41) is 21.4. The minimum absolute atomic E-state index is 0.00576. The second kappa shape index (κ2) is 13.1. The number of fused-ring (bicyclic) bond motifs is 5. The largest absolute Gasteiger partial charge is 0.435 e. The third-order valence-corrected chi connectivity index (χ3v) is 11.0. The summed E-state index contributed by atoms with van der Waals surface area (Å²) in [5.74, 6) is -9.23. The van der Waals surface area contributed by atoms with E-state index in [0.29, 0.717) is 10.7 Å². The van der Waals surface area contributed by atoms with Gasteiger partial charge in [0.25, 0.3) is 5.92 Å². The predicted molar refractivity (Wildman–Crippen MR) is 195 cm³/mol. The van der Waals surface area contributed by atoms with Crippen LogP contribution in [0.3, 0.4) is 0 Å². The van der Waals surface area contributed by atoms with Crippen molar-refractivity contribution in [3.05, 3.63) is 87.1 Å². The van der Waals surface area contributed by atoms with Gasteiger partial charge in [-0.25, -0.2) is 27.2 Å². The number of benzene rings is 2. The number of H-pyrrole nitrogens is 1. The van der Waals surface area contributed by atoms with Crippen molar-refractivity contribution >= 4 is 55.4 Å². The number of halogens is 8. The Kier molecular flexibility index (Phi) is 8.94. The zero-order valence-corrected chi connectivity index (χ0v) is 32.2. The number of carbonyl (C=O) groups excluding carboxylic acids is 1. The summed E-state index contributed by atoms with van der Waals surface area (Å²) in [5.41, 5.74) is -3.77. The van der Waals surface area contributed by atoms with E-state index in [1.807, 2.05) is 0 Å². The lowest BCUT2D eigenvalue weighted by Crippen LogP contribution is -2.35. The Hall–Kier alpha value is -5.28.